The molecule has 44 heavy (non-hydrogen) atoms. The fourth-order valence-electron chi connectivity index (χ4n) is 6.01. The highest BCUT2D eigenvalue weighted by Crippen LogP contribution is 2.51. The predicted molar refractivity (Wildman–Crippen MR) is 153 cm³/mol. The van der Waals surface area contributed by atoms with E-state index in [2.05, 4.69) is 20.6 Å². The number of aliphatic hydroxyl groups excluding tert-OH is 3. The summed E-state index contributed by atoms with van der Waals surface area (Å²) in [6.07, 6.45) is 0.252. The van der Waals surface area contributed by atoms with Gasteiger partial charge in [0.15, 0.2) is 17.5 Å². The Morgan fingerprint density at radius 3 is 2.32 bits per heavy atom. The van der Waals surface area contributed by atoms with Gasteiger partial charge in [-0.3, -0.25) is 0 Å². The molecule has 1 unspecified atom stereocenters. The lowest BCUT2D eigenvalue weighted by Gasteiger charge is -2.51. The molecule has 0 amide bonds. The molecule has 0 radical (unpaired) electrons. The van der Waals surface area contributed by atoms with E-state index in [4.69, 9.17) is 9.47 Å². The van der Waals surface area contributed by atoms with Crippen molar-refractivity contribution in [2.24, 2.45) is 0 Å². The first-order chi connectivity index (χ1) is 21.2. The van der Waals surface area contributed by atoms with Gasteiger partial charge in [0.25, 0.3) is 0 Å². The molecule has 2 aromatic carbocycles. The van der Waals surface area contributed by atoms with Gasteiger partial charge in [0.1, 0.15) is 29.2 Å². The molecule has 4 aromatic rings. The number of phenols is 1. The van der Waals surface area contributed by atoms with Crippen LogP contribution in [0.3, 0.4) is 0 Å². The second-order valence-corrected chi connectivity index (χ2v) is 13.6. The predicted octanol–water partition coefficient (Wildman–Crippen LogP) is 1.62. The van der Waals surface area contributed by atoms with Crippen molar-refractivity contribution in [1.29, 1.82) is 0 Å². The van der Waals surface area contributed by atoms with Gasteiger partial charge in [-0.2, -0.15) is 0 Å². The van der Waals surface area contributed by atoms with Crippen molar-refractivity contribution in [1.82, 2.24) is 30.0 Å². The van der Waals surface area contributed by atoms with Gasteiger partial charge in [0.2, 0.25) is 0 Å². The van der Waals surface area contributed by atoms with Crippen LogP contribution in [-0.4, -0.2) is 112 Å². The van der Waals surface area contributed by atoms with Crippen LogP contribution in [0.25, 0.3) is 22.5 Å². The molecule has 0 aliphatic carbocycles. The molecule has 2 aromatic heterocycles. The van der Waals surface area contributed by atoms with Crippen LogP contribution in [0.2, 0.25) is 0 Å². The molecule has 4 N–H and O–H groups in total. The number of nitrogens with zero attached hydrogens (tertiary/aromatic N) is 6. The highest BCUT2D eigenvalue weighted by atomic mass is 32.2. The Kier molecular flexibility index (Phi) is 8.63. The highest BCUT2D eigenvalue weighted by molar-refractivity contribution is 8.18. The van der Waals surface area contributed by atoms with Crippen molar-refractivity contribution in [2.75, 3.05) is 32.7 Å². The third-order valence-corrected chi connectivity index (χ3v) is 11.7. The molecule has 8 atom stereocenters. The van der Waals surface area contributed by atoms with Crippen LogP contribution in [0.15, 0.2) is 48.8 Å². The highest BCUT2D eigenvalue weighted by Gasteiger charge is 2.49. The SMILES string of the molecule is CO[C@H]1C[SH]([C@@H]2COC[C@H](n3cc(-c4cccc(O)c4)nn3)[C@H]2O)[C@H](CO)[C@H](O)[C@@H]1n1cc(-c2cc(F)c(F)c(F)c2)nn1. The number of rotatable bonds is 7. The summed E-state index contributed by atoms with van der Waals surface area (Å²) in [5.41, 5.74) is 1.17. The fraction of sp³-hybridized carbons (Fsp3) is 0.429. The minimum atomic E-state index is -1.60. The molecule has 2 aliphatic heterocycles. The van der Waals surface area contributed by atoms with E-state index in [-0.39, 0.29) is 30.2 Å². The van der Waals surface area contributed by atoms with E-state index in [0.29, 0.717) is 17.0 Å². The zero-order valence-corrected chi connectivity index (χ0v) is 24.3. The largest absolute Gasteiger partial charge is 0.508 e. The summed E-state index contributed by atoms with van der Waals surface area (Å²) in [6, 6.07) is 6.74. The van der Waals surface area contributed by atoms with Gasteiger partial charge >= 0.3 is 0 Å². The monoisotopic (exact) mass is 636 g/mol. The first-order valence-electron chi connectivity index (χ1n) is 13.8. The van der Waals surface area contributed by atoms with Crippen LogP contribution in [-0.2, 0) is 9.47 Å². The van der Waals surface area contributed by atoms with Gasteiger partial charge in [-0.15, -0.1) is 10.2 Å². The first-order valence-corrected chi connectivity index (χ1v) is 15.5. The molecule has 16 heteroatoms. The summed E-state index contributed by atoms with van der Waals surface area (Å²) in [6.45, 7) is -0.0375. The lowest BCUT2D eigenvalue weighted by molar-refractivity contribution is -0.0339. The number of methoxy groups -OCH3 is 1. The van der Waals surface area contributed by atoms with Gasteiger partial charge < -0.3 is 29.9 Å². The van der Waals surface area contributed by atoms with Gasteiger partial charge in [-0.1, -0.05) is 22.6 Å². The van der Waals surface area contributed by atoms with E-state index in [1.165, 1.54) is 22.7 Å². The Labute approximate surface area is 252 Å². The fourth-order valence-corrected chi connectivity index (χ4v) is 9.49. The summed E-state index contributed by atoms with van der Waals surface area (Å²) in [5.74, 6) is -3.91. The molecular formula is C28H31F3N6O6S. The third-order valence-electron chi connectivity index (χ3n) is 8.31. The number of thiol groups is 1. The average molecular weight is 637 g/mol. The zero-order valence-electron chi connectivity index (χ0n) is 23.4. The minimum absolute atomic E-state index is 0.0401. The van der Waals surface area contributed by atoms with E-state index in [9.17, 15) is 33.6 Å². The molecule has 0 spiro atoms. The molecule has 6 rings (SSSR count). The number of benzene rings is 2. The first kappa shape index (κ1) is 30.5. The van der Waals surface area contributed by atoms with Gasteiger partial charge in [-0.05, 0) is 24.3 Å². The minimum Gasteiger partial charge on any atom is -0.508 e. The molecule has 12 nitrogen and oxygen atoms in total. The van der Waals surface area contributed by atoms with Crippen molar-refractivity contribution >= 4 is 10.9 Å². The normalized spacial score (nSPS) is 30.0. The Balaban J connectivity index is 1.23. The summed E-state index contributed by atoms with van der Waals surface area (Å²) in [4.78, 5) is 0. The molecule has 2 aliphatic rings. The molecule has 2 saturated heterocycles. The third kappa shape index (κ3) is 5.57. The maximum absolute atomic E-state index is 13.8. The Hall–Kier alpha value is -3.54. The van der Waals surface area contributed by atoms with Crippen LogP contribution >= 0.6 is 10.9 Å². The Morgan fingerprint density at radius 1 is 0.955 bits per heavy atom. The van der Waals surface area contributed by atoms with E-state index in [1.54, 1.807) is 30.5 Å². The van der Waals surface area contributed by atoms with E-state index < -0.39 is 75.8 Å². The van der Waals surface area contributed by atoms with Crippen molar-refractivity contribution in [3.63, 3.8) is 0 Å². The Morgan fingerprint density at radius 2 is 1.64 bits per heavy atom. The lowest BCUT2D eigenvalue weighted by atomic mass is 10.0. The maximum atomic E-state index is 13.8. The second kappa shape index (κ2) is 12.5. The Bertz CT molecular complexity index is 1600. The van der Waals surface area contributed by atoms with E-state index >= 15 is 0 Å². The summed E-state index contributed by atoms with van der Waals surface area (Å²) in [7, 11) is 0.168. The molecule has 0 bridgehead atoms. The molecule has 0 saturated carbocycles. The topological polar surface area (TPSA) is 161 Å². The molecule has 2 fully saturated rings. The van der Waals surface area contributed by atoms with Crippen LogP contribution < -0.4 is 0 Å². The molecule has 4 heterocycles. The van der Waals surface area contributed by atoms with Crippen LogP contribution in [0.1, 0.15) is 12.1 Å². The number of aromatic hydroxyl groups is 1. The maximum Gasteiger partial charge on any atom is 0.194 e. The summed E-state index contributed by atoms with van der Waals surface area (Å²) < 4.78 is 55.7. The van der Waals surface area contributed by atoms with Crippen molar-refractivity contribution in [3.8, 4) is 28.3 Å². The number of aromatic nitrogens is 6. The van der Waals surface area contributed by atoms with Crippen LogP contribution in [0.5, 0.6) is 5.75 Å². The number of ether oxygens (including phenoxy) is 2. The second-order valence-electron chi connectivity index (χ2n) is 10.8. The van der Waals surface area contributed by atoms with Crippen molar-refractivity contribution in [2.45, 2.75) is 40.9 Å². The molecular weight excluding hydrogens is 605 g/mol. The van der Waals surface area contributed by atoms with Gasteiger partial charge in [0, 0.05) is 34.5 Å². The number of aliphatic hydroxyl groups is 3. The van der Waals surface area contributed by atoms with Crippen LogP contribution in [0.4, 0.5) is 13.2 Å². The zero-order chi connectivity index (χ0) is 31.1. The number of halogens is 3. The van der Waals surface area contributed by atoms with Gasteiger partial charge in [0.05, 0.1) is 50.5 Å². The lowest BCUT2D eigenvalue weighted by Crippen LogP contribution is -2.55. The summed E-state index contributed by atoms with van der Waals surface area (Å²) >= 11 is 0. The number of hydrogen-bond acceptors (Lipinski definition) is 10. The smallest absolute Gasteiger partial charge is 0.194 e. The van der Waals surface area contributed by atoms with Crippen LogP contribution in [0, 0.1) is 17.5 Å². The summed E-state index contributed by atoms with van der Waals surface area (Å²) in [5, 5.41) is 58.7. The van der Waals surface area contributed by atoms with Crippen molar-refractivity contribution < 1.29 is 43.1 Å². The average Bonchev–Trinajstić information content (AvgIpc) is 3.70. The quantitative estimate of drug-likeness (QED) is 0.149. The van der Waals surface area contributed by atoms with E-state index in [0.717, 1.165) is 12.1 Å². The number of phenolic OH excluding ortho intramolecular Hbond substituents is 1. The van der Waals surface area contributed by atoms with Crippen molar-refractivity contribution in [3.05, 3.63) is 66.2 Å². The van der Waals surface area contributed by atoms with Gasteiger partial charge in [-0.25, -0.2) is 33.4 Å². The molecule has 236 valence electrons. The van der Waals surface area contributed by atoms with E-state index in [1.807, 2.05) is 0 Å². The standard InChI is InChI=1S/C28H31F3N6O6S/c1-42-22-13-44(24-12-43-11-21(27(24)40)36-8-19(32-34-36)14-3-2-4-16(39)5-14)23(10-38)28(41)26(22)37-9-20(33-35-37)15-6-17(29)25(31)18(30)7-15/h2-9,21-24,26-28,38-41,44H,10-13H2,1H3/t21-,22-,23+,24+,26+,27+,28-/m0/s1. The number of hydrogen-bond donors (Lipinski definition) is 5.